The number of carbonyl (C=O) groups excluding carboxylic acids is 1. The number of anilines is 1. The number of ether oxygens (including phenoxy) is 1. The number of carboxylic acids is 1. The first-order chi connectivity index (χ1) is 17.1. The molecule has 0 atom stereocenters. The van der Waals surface area contributed by atoms with Gasteiger partial charge in [-0.1, -0.05) is 49.2 Å². The summed E-state index contributed by atoms with van der Waals surface area (Å²) >= 11 is 13.6. The second kappa shape index (κ2) is 12.5. The van der Waals surface area contributed by atoms with Gasteiger partial charge >= 0.3 is 5.97 Å². The lowest BCUT2D eigenvalue weighted by atomic mass is 10.1. The van der Waals surface area contributed by atoms with Crippen molar-refractivity contribution in [3.05, 3.63) is 73.8 Å². The Labute approximate surface area is 222 Å². The van der Waals surface area contributed by atoms with Crippen LogP contribution in [0.1, 0.15) is 48.7 Å². The highest BCUT2D eigenvalue weighted by molar-refractivity contribution is 7.14. The van der Waals surface area contributed by atoms with E-state index in [1.165, 1.54) is 25.1 Å². The number of benzene rings is 2. The zero-order valence-corrected chi connectivity index (χ0v) is 22.2. The maximum atomic E-state index is 15.1. The Hall–Kier alpha value is -2.78. The Balaban J connectivity index is 1.74. The van der Waals surface area contributed by atoms with Crippen LogP contribution in [-0.4, -0.2) is 28.6 Å². The maximum absolute atomic E-state index is 15.1. The molecule has 0 aliphatic carbocycles. The molecule has 0 saturated carbocycles. The van der Waals surface area contributed by atoms with Gasteiger partial charge in [0.25, 0.3) is 5.91 Å². The van der Waals surface area contributed by atoms with Crippen molar-refractivity contribution in [2.45, 2.75) is 33.8 Å². The van der Waals surface area contributed by atoms with Gasteiger partial charge in [-0.25, -0.2) is 14.2 Å². The molecule has 190 valence electrons. The van der Waals surface area contributed by atoms with Crippen molar-refractivity contribution in [1.29, 1.82) is 0 Å². The molecule has 6 nitrogen and oxygen atoms in total. The van der Waals surface area contributed by atoms with Crippen LogP contribution >= 0.6 is 34.5 Å². The number of nitrogens with zero attached hydrogens (tertiary/aromatic N) is 1. The van der Waals surface area contributed by atoms with Crippen molar-refractivity contribution in [2.75, 3.05) is 11.9 Å². The summed E-state index contributed by atoms with van der Waals surface area (Å²) in [5, 5.41) is 13.9. The fourth-order valence-corrected chi connectivity index (χ4v) is 4.45. The van der Waals surface area contributed by atoms with Crippen molar-refractivity contribution in [3.8, 4) is 11.3 Å². The number of aromatic nitrogens is 1. The van der Waals surface area contributed by atoms with E-state index in [4.69, 9.17) is 33.0 Å². The van der Waals surface area contributed by atoms with Gasteiger partial charge in [0.1, 0.15) is 5.82 Å². The first-order valence-corrected chi connectivity index (χ1v) is 12.7. The highest BCUT2D eigenvalue weighted by atomic mass is 35.5. The standard InChI is InChI=1S/C26H25Cl2FN2O4S/c1-14(2)7-8-35-12-16-5-4-6-18(23(16)29)22-13-36-26(30-22)31-24(32)17-10-20(27)19(21(28)11-17)9-15(3)25(33)34/h4-6,9-11,13-14H,7-8,12H2,1-3H3,(H,33,34)(H,30,31,32). The number of hydrogen-bond donors (Lipinski definition) is 2. The van der Waals surface area contributed by atoms with Crippen LogP contribution in [0.15, 0.2) is 41.3 Å². The number of rotatable bonds is 10. The molecule has 10 heteroatoms. The summed E-state index contributed by atoms with van der Waals surface area (Å²) in [7, 11) is 0. The highest BCUT2D eigenvalue weighted by Gasteiger charge is 2.17. The van der Waals surface area contributed by atoms with E-state index in [0.717, 1.165) is 17.8 Å². The van der Waals surface area contributed by atoms with Crippen LogP contribution in [0.2, 0.25) is 10.0 Å². The molecule has 0 fully saturated rings. The van der Waals surface area contributed by atoms with Gasteiger partial charge in [0.05, 0.1) is 22.3 Å². The number of hydrogen-bond acceptors (Lipinski definition) is 5. The zero-order chi connectivity index (χ0) is 26.4. The fraction of sp³-hybridized carbons (Fsp3) is 0.269. The molecule has 1 heterocycles. The molecule has 0 aliphatic rings. The van der Waals surface area contributed by atoms with E-state index in [-0.39, 0.29) is 32.9 Å². The quantitative estimate of drug-likeness (QED) is 0.201. The Kier molecular flexibility index (Phi) is 9.62. The molecule has 3 aromatic rings. The predicted octanol–water partition coefficient (Wildman–Crippen LogP) is 7.56. The minimum atomic E-state index is -1.11. The molecule has 0 aliphatic heterocycles. The highest BCUT2D eigenvalue weighted by Crippen LogP contribution is 2.31. The monoisotopic (exact) mass is 550 g/mol. The molecule has 3 rings (SSSR count). The maximum Gasteiger partial charge on any atom is 0.331 e. The van der Waals surface area contributed by atoms with Crippen molar-refractivity contribution < 1.29 is 23.8 Å². The van der Waals surface area contributed by atoms with E-state index in [1.807, 2.05) is 0 Å². The Morgan fingerprint density at radius 2 is 1.94 bits per heavy atom. The van der Waals surface area contributed by atoms with Crippen molar-refractivity contribution in [1.82, 2.24) is 4.98 Å². The molecule has 1 amide bonds. The third-order valence-corrected chi connectivity index (χ3v) is 6.60. The summed E-state index contributed by atoms with van der Waals surface area (Å²) in [6, 6.07) is 7.82. The first-order valence-electron chi connectivity index (χ1n) is 11.1. The van der Waals surface area contributed by atoms with Crippen LogP contribution in [0.3, 0.4) is 0 Å². The van der Waals surface area contributed by atoms with Crippen molar-refractivity contribution >= 4 is 57.6 Å². The lowest BCUT2D eigenvalue weighted by Gasteiger charge is -2.09. The summed E-state index contributed by atoms with van der Waals surface area (Å²) in [6.07, 6.45) is 2.23. The van der Waals surface area contributed by atoms with Crippen LogP contribution in [0.25, 0.3) is 17.3 Å². The molecular formula is C26H25Cl2FN2O4S. The Bertz CT molecular complexity index is 1280. The third-order valence-electron chi connectivity index (χ3n) is 5.22. The molecule has 0 bridgehead atoms. The van der Waals surface area contributed by atoms with Gasteiger partial charge in [-0.05, 0) is 43.5 Å². The van der Waals surface area contributed by atoms with Crippen LogP contribution in [0.5, 0.6) is 0 Å². The number of amides is 1. The summed E-state index contributed by atoms with van der Waals surface area (Å²) in [6.45, 7) is 6.33. The van der Waals surface area contributed by atoms with E-state index in [0.29, 0.717) is 34.9 Å². The predicted molar refractivity (Wildman–Crippen MR) is 142 cm³/mol. The van der Waals surface area contributed by atoms with Gasteiger partial charge < -0.3 is 9.84 Å². The summed E-state index contributed by atoms with van der Waals surface area (Å²) in [4.78, 5) is 28.2. The van der Waals surface area contributed by atoms with Gasteiger partial charge in [-0.15, -0.1) is 11.3 Å². The minimum Gasteiger partial charge on any atom is -0.478 e. The smallest absolute Gasteiger partial charge is 0.331 e. The average Bonchev–Trinajstić information content (AvgIpc) is 3.27. The molecule has 0 saturated heterocycles. The molecule has 2 N–H and O–H groups in total. The number of carboxylic acid groups (broad SMARTS) is 1. The lowest BCUT2D eigenvalue weighted by molar-refractivity contribution is -0.132. The fourth-order valence-electron chi connectivity index (χ4n) is 3.15. The second-order valence-electron chi connectivity index (χ2n) is 8.49. The summed E-state index contributed by atoms with van der Waals surface area (Å²) in [5.41, 5.74) is 1.65. The number of aliphatic carboxylic acids is 1. The molecule has 36 heavy (non-hydrogen) atoms. The Morgan fingerprint density at radius 1 is 1.25 bits per heavy atom. The number of carbonyl (C=O) groups is 2. The Morgan fingerprint density at radius 3 is 2.58 bits per heavy atom. The van der Waals surface area contributed by atoms with Crippen LogP contribution in [0, 0.1) is 11.7 Å². The molecular weight excluding hydrogens is 526 g/mol. The van der Waals surface area contributed by atoms with Crippen molar-refractivity contribution in [2.24, 2.45) is 5.92 Å². The van der Waals surface area contributed by atoms with Crippen LogP contribution < -0.4 is 5.32 Å². The van der Waals surface area contributed by atoms with Gasteiger partial charge in [0, 0.05) is 39.8 Å². The van der Waals surface area contributed by atoms with Crippen LogP contribution in [-0.2, 0) is 16.1 Å². The molecule has 0 spiro atoms. The molecule has 0 radical (unpaired) electrons. The number of nitrogens with one attached hydrogen (secondary N) is 1. The van der Waals surface area contributed by atoms with Gasteiger partial charge in [0.2, 0.25) is 0 Å². The first kappa shape index (κ1) is 27.8. The second-order valence-corrected chi connectivity index (χ2v) is 10.2. The number of halogens is 3. The van der Waals surface area contributed by atoms with E-state index < -0.39 is 17.7 Å². The summed E-state index contributed by atoms with van der Waals surface area (Å²) < 4.78 is 20.7. The van der Waals surface area contributed by atoms with E-state index in [1.54, 1.807) is 23.6 Å². The summed E-state index contributed by atoms with van der Waals surface area (Å²) in [5.74, 6) is -1.53. The van der Waals surface area contributed by atoms with E-state index in [9.17, 15) is 9.59 Å². The minimum absolute atomic E-state index is 0.0461. The van der Waals surface area contributed by atoms with Gasteiger partial charge in [-0.3, -0.25) is 10.1 Å². The SMILES string of the molecule is CC(=Cc1c(Cl)cc(C(=O)Nc2nc(-c3cccc(COCCC(C)C)c3F)cs2)cc1Cl)C(=O)O. The average molecular weight is 551 g/mol. The molecule has 0 unspecified atom stereocenters. The largest absolute Gasteiger partial charge is 0.478 e. The lowest BCUT2D eigenvalue weighted by Crippen LogP contribution is -2.12. The van der Waals surface area contributed by atoms with Crippen molar-refractivity contribution in [3.63, 3.8) is 0 Å². The van der Waals surface area contributed by atoms with E-state index in [2.05, 4.69) is 24.1 Å². The van der Waals surface area contributed by atoms with Crippen LogP contribution in [0.4, 0.5) is 9.52 Å². The topological polar surface area (TPSA) is 88.5 Å². The third kappa shape index (κ3) is 7.13. The normalized spacial score (nSPS) is 11.7. The molecule has 1 aromatic heterocycles. The van der Waals surface area contributed by atoms with E-state index >= 15 is 4.39 Å². The van der Waals surface area contributed by atoms with Gasteiger partial charge in [0.15, 0.2) is 5.13 Å². The molecule has 2 aromatic carbocycles. The zero-order valence-electron chi connectivity index (χ0n) is 19.9. The number of thiazole rings is 1. The van der Waals surface area contributed by atoms with Gasteiger partial charge in [-0.2, -0.15) is 0 Å².